The van der Waals surface area contributed by atoms with E-state index in [1.54, 1.807) is 23.5 Å². The summed E-state index contributed by atoms with van der Waals surface area (Å²) in [5.74, 6) is 0.175. The van der Waals surface area contributed by atoms with E-state index in [9.17, 15) is 8.78 Å². The zero-order valence-electron chi connectivity index (χ0n) is 12.2. The highest BCUT2D eigenvalue weighted by Gasteiger charge is 2.15. The molecule has 0 saturated heterocycles. The Kier molecular flexibility index (Phi) is 5.25. The summed E-state index contributed by atoms with van der Waals surface area (Å²) in [5.41, 5.74) is 1.95. The Morgan fingerprint density at radius 1 is 1.33 bits per heavy atom. The van der Waals surface area contributed by atoms with E-state index in [4.69, 9.17) is 0 Å². The van der Waals surface area contributed by atoms with Gasteiger partial charge < -0.3 is 10.1 Å². The van der Waals surface area contributed by atoms with E-state index in [1.165, 1.54) is 10.9 Å². The highest BCUT2D eigenvalue weighted by atomic mass is 32.1. The third-order valence-corrected chi connectivity index (χ3v) is 4.38. The Hall–Kier alpha value is -1.53. The molecule has 1 aromatic heterocycles. The van der Waals surface area contributed by atoms with Crippen LogP contribution in [0.3, 0.4) is 0 Å². The van der Waals surface area contributed by atoms with Crippen LogP contribution >= 0.6 is 11.3 Å². The van der Waals surface area contributed by atoms with Crippen molar-refractivity contribution in [2.75, 3.05) is 7.05 Å². The zero-order chi connectivity index (χ0) is 15.4. The molecule has 0 aliphatic carbocycles. The molecule has 1 atom stereocenters. The fourth-order valence-corrected chi connectivity index (χ4v) is 3.07. The first kappa shape index (κ1) is 15.9. The number of nitrogens with zero attached hydrogens (tertiary/aromatic N) is 1. The van der Waals surface area contributed by atoms with Gasteiger partial charge in [-0.15, -0.1) is 11.3 Å². The molecule has 0 saturated carbocycles. The average molecular weight is 312 g/mol. The van der Waals surface area contributed by atoms with Crippen LogP contribution in [0, 0.1) is 13.8 Å². The van der Waals surface area contributed by atoms with Crippen LogP contribution in [0.4, 0.5) is 8.78 Å². The average Bonchev–Trinajstić information content (AvgIpc) is 2.74. The van der Waals surface area contributed by atoms with Gasteiger partial charge >= 0.3 is 6.61 Å². The molecule has 3 nitrogen and oxygen atoms in total. The van der Waals surface area contributed by atoms with Crippen LogP contribution in [-0.2, 0) is 6.42 Å². The third kappa shape index (κ3) is 4.22. The minimum Gasteiger partial charge on any atom is -0.435 e. The topological polar surface area (TPSA) is 34.2 Å². The maximum atomic E-state index is 12.3. The van der Waals surface area contributed by atoms with E-state index >= 15 is 0 Å². The second-order valence-electron chi connectivity index (χ2n) is 4.75. The van der Waals surface area contributed by atoms with Crippen molar-refractivity contribution in [3.8, 4) is 5.75 Å². The predicted octanol–water partition coefficient (Wildman–Crippen LogP) is 3.86. The van der Waals surface area contributed by atoms with Crippen molar-refractivity contribution in [1.29, 1.82) is 0 Å². The van der Waals surface area contributed by atoms with Gasteiger partial charge in [-0.1, -0.05) is 12.1 Å². The summed E-state index contributed by atoms with van der Waals surface area (Å²) in [5, 5.41) is 4.23. The quantitative estimate of drug-likeness (QED) is 0.879. The fourth-order valence-electron chi connectivity index (χ4n) is 2.10. The summed E-state index contributed by atoms with van der Waals surface area (Å²) in [7, 11) is 1.85. The van der Waals surface area contributed by atoms with Crippen molar-refractivity contribution in [2.45, 2.75) is 32.9 Å². The molecule has 114 valence electrons. The number of aryl methyl sites for hydroxylation is 2. The molecule has 2 aromatic rings. The maximum Gasteiger partial charge on any atom is 0.387 e. The van der Waals surface area contributed by atoms with E-state index < -0.39 is 6.61 Å². The summed E-state index contributed by atoms with van der Waals surface area (Å²) in [6, 6.07) is 6.79. The van der Waals surface area contributed by atoms with Gasteiger partial charge in [-0.3, -0.25) is 0 Å². The molecule has 1 heterocycles. The van der Waals surface area contributed by atoms with Crippen LogP contribution in [0.5, 0.6) is 5.75 Å². The number of halogens is 2. The molecule has 1 N–H and O–H groups in total. The molecule has 0 amide bonds. The Labute approximate surface area is 127 Å². The second-order valence-corrected chi connectivity index (χ2v) is 6.03. The number of hydrogen-bond donors (Lipinski definition) is 1. The van der Waals surface area contributed by atoms with E-state index in [1.807, 2.05) is 27.0 Å². The molecule has 0 fully saturated rings. The van der Waals surface area contributed by atoms with Gasteiger partial charge in [0.1, 0.15) is 5.75 Å². The summed E-state index contributed by atoms with van der Waals surface area (Å²) in [6.07, 6.45) is 0.716. The molecular weight excluding hydrogens is 294 g/mol. The van der Waals surface area contributed by atoms with Crippen LogP contribution in [0.2, 0.25) is 0 Å². The molecule has 0 radical (unpaired) electrons. The predicted molar refractivity (Wildman–Crippen MR) is 80.2 cm³/mol. The van der Waals surface area contributed by atoms with Crippen molar-refractivity contribution >= 4 is 11.3 Å². The van der Waals surface area contributed by atoms with Gasteiger partial charge in [0.2, 0.25) is 0 Å². The molecule has 1 aromatic carbocycles. The van der Waals surface area contributed by atoms with E-state index in [0.717, 1.165) is 16.3 Å². The first-order valence-corrected chi connectivity index (χ1v) is 7.46. The van der Waals surface area contributed by atoms with E-state index in [0.29, 0.717) is 6.42 Å². The molecule has 2 rings (SSSR count). The maximum absolute atomic E-state index is 12.3. The highest BCUT2D eigenvalue weighted by molar-refractivity contribution is 7.11. The first-order valence-electron chi connectivity index (χ1n) is 6.64. The number of alkyl halides is 2. The van der Waals surface area contributed by atoms with Crippen molar-refractivity contribution in [2.24, 2.45) is 0 Å². The molecular formula is C15H18F2N2OS. The molecule has 0 bridgehead atoms. The van der Waals surface area contributed by atoms with Gasteiger partial charge in [-0.2, -0.15) is 8.78 Å². The largest absolute Gasteiger partial charge is 0.435 e. The molecule has 0 aliphatic rings. The number of thiazole rings is 1. The van der Waals surface area contributed by atoms with Gasteiger partial charge in [-0.05, 0) is 38.6 Å². The van der Waals surface area contributed by atoms with Gasteiger partial charge in [0.15, 0.2) is 0 Å². The highest BCUT2D eigenvalue weighted by Crippen LogP contribution is 2.26. The van der Waals surface area contributed by atoms with Crippen molar-refractivity contribution < 1.29 is 13.5 Å². The number of benzene rings is 1. The molecule has 0 aliphatic heterocycles. The molecule has 1 unspecified atom stereocenters. The minimum atomic E-state index is -2.81. The van der Waals surface area contributed by atoms with E-state index in [-0.39, 0.29) is 11.8 Å². The van der Waals surface area contributed by atoms with Crippen molar-refractivity contribution in [3.63, 3.8) is 0 Å². The SMILES string of the molecule is CNC(Cc1nc(C)c(C)s1)c1cccc(OC(F)F)c1. The van der Waals surface area contributed by atoms with Crippen LogP contribution in [0.1, 0.15) is 27.2 Å². The van der Waals surface area contributed by atoms with Crippen LogP contribution in [0.25, 0.3) is 0 Å². The number of nitrogens with one attached hydrogen (secondary N) is 1. The first-order chi connectivity index (χ1) is 9.99. The van der Waals surface area contributed by atoms with Crippen molar-refractivity contribution in [3.05, 3.63) is 45.4 Å². The van der Waals surface area contributed by atoms with Gasteiger partial charge in [0, 0.05) is 17.3 Å². The Bertz CT molecular complexity index is 582. The van der Waals surface area contributed by atoms with Crippen LogP contribution in [-0.4, -0.2) is 18.6 Å². The second kappa shape index (κ2) is 6.95. The normalized spacial score (nSPS) is 12.7. The lowest BCUT2D eigenvalue weighted by Gasteiger charge is -2.16. The molecule has 0 spiro atoms. The number of hydrogen-bond acceptors (Lipinski definition) is 4. The van der Waals surface area contributed by atoms with Crippen LogP contribution < -0.4 is 10.1 Å². The van der Waals surface area contributed by atoms with Gasteiger partial charge in [0.25, 0.3) is 0 Å². The third-order valence-electron chi connectivity index (χ3n) is 3.29. The Morgan fingerprint density at radius 3 is 2.67 bits per heavy atom. The molecule has 6 heteroatoms. The monoisotopic (exact) mass is 312 g/mol. The summed E-state index contributed by atoms with van der Waals surface area (Å²) in [6.45, 7) is 1.22. The van der Waals surface area contributed by atoms with Gasteiger partial charge in [-0.25, -0.2) is 4.98 Å². The standard InChI is InChI=1S/C15H18F2N2OS/c1-9-10(2)21-14(19-9)8-13(18-3)11-5-4-6-12(7-11)20-15(16)17/h4-7,13,15,18H,8H2,1-3H3. The number of likely N-dealkylation sites (N-methyl/N-ethyl adjacent to an activating group) is 1. The number of aromatic nitrogens is 1. The lowest BCUT2D eigenvalue weighted by atomic mass is 10.0. The zero-order valence-corrected chi connectivity index (χ0v) is 13.0. The van der Waals surface area contributed by atoms with Crippen molar-refractivity contribution in [1.82, 2.24) is 10.3 Å². The summed E-state index contributed by atoms with van der Waals surface area (Å²) < 4.78 is 29.0. The minimum absolute atomic E-state index is 0.0103. The van der Waals surface area contributed by atoms with E-state index in [2.05, 4.69) is 15.0 Å². The Balaban J connectivity index is 2.16. The fraction of sp³-hybridized carbons (Fsp3) is 0.400. The number of ether oxygens (including phenoxy) is 1. The number of rotatable bonds is 6. The lowest BCUT2D eigenvalue weighted by Crippen LogP contribution is -2.19. The lowest BCUT2D eigenvalue weighted by molar-refractivity contribution is -0.0499. The van der Waals surface area contributed by atoms with Crippen LogP contribution in [0.15, 0.2) is 24.3 Å². The molecule has 21 heavy (non-hydrogen) atoms. The summed E-state index contributed by atoms with van der Waals surface area (Å²) >= 11 is 1.67. The Morgan fingerprint density at radius 2 is 2.10 bits per heavy atom. The summed E-state index contributed by atoms with van der Waals surface area (Å²) in [4.78, 5) is 5.72. The van der Waals surface area contributed by atoms with Gasteiger partial charge in [0.05, 0.1) is 10.7 Å². The smallest absolute Gasteiger partial charge is 0.387 e.